The number of halogens is 1. The number of anilines is 1. The van der Waals surface area contributed by atoms with Crippen molar-refractivity contribution in [2.24, 2.45) is 0 Å². The van der Waals surface area contributed by atoms with Gasteiger partial charge < -0.3 is 15.2 Å². The Morgan fingerprint density at radius 2 is 2.12 bits per heavy atom. The minimum atomic E-state index is 0.178. The molecule has 0 spiro atoms. The largest absolute Gasteiger partial charge is 0.465 e. The Kier molecular flexibility index (Phi) is 3.00. The minimum absolute atomic E-state index is 0.178. The highest BCUT2D eigenvalue weighted by atomic mass is 35.5. The average Bonchev–Trinajstić information content (AvgIpc) is 2.98. The Hall–Kier alpha value is -0.930. The average molecular weight is 242 g/mol. The van der Waals surface area contributed by atoms with Crippen LogP contribution >= 0.6 is 11.6 Å². The number of methoxy groups -OCH3 is 1. The molecule has 16 heavy (non-hydrogen) atoms. The van der Waals surface area contributed by atoms with E-state index in [0.29, 0.717) is 11.4 Å². The van der Waals surface area contributed by atoms with Gasteiger partial charge in [-0.15, -0.1) is 0 Å². The number of benzene rings is 1. The molecule has 1 saturated carbocycles. The van der Waals surface area contributed by atoms with E-state index in [-0.39, 0.29) is 12.2 Å². The molecular formula is C12H16ClNO2. The first-order chi connectivity index (χ1) is 7.57. The molecule has 0 radical (unpaired) electrons. The van der Waals surface area contributed by atoms with Gasteiger partial charge in [0.2, 0.25) is 0 Å². The molecule has 0 atom stereocenters. The van der Waals surface area contributed by atoms with Gasteiger partial charge in [-0.25, -0.2) is 0 Å². The fourth-order valence-electron chi connectivity index (χ4n) is 1.74. The number of hydrogen-bond donors (Lipinski definition) is 1. The lowest BCUT2D eigenvalue weighted by Gasteiger charge is -2.15. The zero-order valence-corrected chi connectivity index (χ0v) is 10.3. The molecule has 1 aromatic rings. The van der Waals surface area contributed by atoms with E-state index < -0.39 is 0 Å². The second kappa shape index (κ2) is 4.15. The summed E-state index contributed by atoms with van der Waals surface area (Å²) in [5, 5.41) is 0.723. The predicted molar refractivity (Wildman–Crippen MR) is 65.0 cm³/mol. The maximum Gasteiger partial charge on any atom is 0.188 e. The van der Waals surface area contributed by atoms with Crippen LogP contribution in [0.15, 0.2) is 12.1 Å². The van der Waals surface area contributed by atoms with Crippen LogP contribution < -0.4 is 10.5 Å². The summed E-state index contributed by atoms with van der Waals surface area (Å²) in [5.41, 5.74) is 7.87. The standard InChI is InChI=1S/C12H16ClNO2/c1-12(3-4-12)8-5-10(14)11(6-9(8)13)16-7-15-2/h5-6H,3-4,7,14H2,1-2H3. The summed E-state index contributed by atoms with van der Waals surface area (Å²) >= 11 is 6.23. The van der Waals surface area contributed by atoms with Gasteiger partial charge in [-0.2, -0.15) is 0 Å². The molecule has 2 N–H and O–H groups in total. The van der Waals surface area contributed by atoms with E-state index >= 15 is 0 Å². The first-order valence-electron chi connectivity index (χ1n) is 5.28. The van der Waals surface area contributed by atoms with Crippen molar-refractivity contribution >= 4 is 17.3 Å². The lowest BCUT2D eigenvalue weighted by molar-refractivity contribution is 0.0516. The van der Waals surface area contributed by atoms with Gasteiger partial charge in [0.15, 0.2) is 6.79 Å². The third kappa shape index (κ3) is 2.11. The van der Waals surface area contributed by atoms with E-state index in [2.05, 4.69) is 6.92 Å². The zero-order valence-electron chi connectivity index (χ0n) is 9.55. The summed E-state index contributed by atoms with van der Waals surface area (Å²) in [4.78, 5) is 0. The van der Waals surface area contributed by atoms with Crippen LogP contribution in [0.1, 0.15) is 25.3 Å². The van der Waals surface area contributed by atoms with E-state index in [1.54, 1.807) is 13.2 Å². The van der Waals surface area contributed by atoms with Gasteiger partial charge in [-0.3, -0.25) is 0 Å². The van der Waals surface area contributed by atoms with Gasteiger partial charge in [0, 0.05) is 18.2 Å². The molecule has 1 fully saturated rings. The van der Waals surface area contributed by atoms with Crippen molar-refractivity contribution in [3.63, 3.8) is 0 Å². The fourth-order valence-corrected chi connectivity index (χ4v) is 2.12. The van der Waals surface area contributed by atoms with Crippen molar-refractivity contribution in [1.82, 2.24) is 0 Å². The van der Waals surface area contributed by atoms with Crippen LogP contribution in [0.4, 0.5) is 5.69 Å². The maximum absolute atomic E-state index is 6.23. The number of ether oxygens (including phenoxy) is 2. The van der Waals surface area contributed by atoms with Crippen LogP contribution in [0.2, 0.25) is 5.02 Å². The van der Waals surface area contributed by atoms with E-state index in [0.717, 1.165) is 10.6 Å². The molecule has 1 aromatic carbocycles. The van der Waals surface area contributed by atoms with Crippen LogP contribution in [0.25, 0.3) is 0 Å². The van der Waals surface area contributed by atoms with Crippen molar-refractivity contribution < 1.29 is 9.47 Å². The Morgan fingerprint density at radius 1 is 1.44 bits per heavy atom. The van der Waals surface area contributed by atoms with Crippen molar-refractivity contribution in [3.8, 4) is 5.75 Å². The van der Waals surface area contributed by atoms with Crippen LogP contribution in [0, 0.1) is 0 Å². The Balaban J connectivity index is 2.28. The molecule has 1 aliphatic rings. The quantitative estimate of drug-likeness (QED) is 0.651. The third-order valence-electron chi connectivity index (χ3n) is 3.08. The van der Waals surface area contributed by atoms with Gasteiger partial charge >= 0.3 is 0 Å². The van der Waals surface area contributed by atoms with Crippen molar-refractivity contribution in [3.05, 3.63) is 22.7 Å². The summed E-state index contributed by atoms with van der Waals surface area (Å²) in [6, 6.07) is 3.69. The SMILES string of the molecule is COCOc1cc(Cl)c(C2(C)CC2)cc1N. The predicted octanol–water partition coefficient (Wildman–Crippen LogP) is 2.96. The summed E-state index contributed by atoms with van der Waals surface area (Å²) < 4.78 is 10.2. The summed E-state index contributed by atoms with van der Waals surface area (Å²) in [5.74, 6) is 0.583. The van der Waals surface area contributed by atoms with Gasteiger partial charge in [0.05, 0.1) is 5.69 Å². The first kappa shape index (κ1) is 11.6. The summed E-state index contributed by atoms with van der Waals surface area (Å²) in [6.45, 7) is 2.38. The van der Waals surface area contributed by atoms with E-state index in [4.69, 9.17) is 26.8 Å². The number of nitrogen functional groups attached to an aromatic ring is 1. The summed E-state index contributed by atoms with van der Waals surface area (Å²) in [6.07, 6.45) is 2.34. The first-order valence-corrected chi connectivity index (χ1v) is 5.66. The smallest absolute Gasteiger partial charge is 0.188 e. The van der Waals surface area contributed by atoms with Crippen LogP contribution in [-0.4, -0.2) is 13.9 Å². The Labute approximate surface area is 100 Å². The highest BCUT2D eigenvalue weighted by molar-refractivity contribution is 6.31. The molecule has 0 bridgehead atoms. The normalized spacial score (nSPS) is 17.2. The monoisotopic (exact) mass is 241 g/mol. The lowest BCUT2D eigenvalue weighted by atomic mass is 9.97. The van der Waals surface area contributed by atoms with Crippen molar-refractivity contribution in [1.29, 1.82) is 0 Å². The van der Waals surface area contributed by atoms with Crippen LogP contribution in [0.3, 0.4) is 0 Å². The molecule has 4 heteroatoms. The molecule has 3 nitrogen and oxygen atoms in total. The van der Waals surface area contributed by atoms with Crippen molar-refractivity contribution in [2.75, 3.05) is 19.6 Å². The molecule has 1 aliphatic carbocycles. The van der Waals surface area contributed by atoms with E-state index in [1.165, 1.54) is 12.8 Å². The van der Waals surface area contributed by atoms with Crippen LogP contribution in [-0.2, 0) is 10.2 Å². The second-order valence-corrected chi connectivity index (χ2v) is 4.89. The molecule has 0 saturated heterocycles. The molecular weight excluding hydrogens is 226 g/mol. The Morgan fingerprint density at radius 3 is 2.69 bits per heavy atom. The van der Waals surface area contributed by atoms with E-state index in [9.17, 15) is 0 Å². The second-order valence-electron chi connectivity index (χ2n) is 4.48. The van der Waals surface area contributed by atoms with Gasteiger partial charge in [0.1, 0.15) is 5.75 Å². The van der Waals surface area contributed by atoms with Gasteiger partial charge in [-0.1, -0.05) is 18.5 Å². The van der Waals surface area contributed by atoms with Crippen molar-refractivity contribution in [2.45, 2.75) is 25.2 Å². The fraction of sp³-hybridized carbons (Fsp3) is 0.500. The highest BCUT2D eigenvalue weighted by Gasteiger charge is 2.40. The summed E-state index contributed by atoms with van der Waals surface area (Å²) in [7, 11) is 1.57. The number of rotatable bonds is 4. The Bertz CT molecular complexity index is 402. The molecule has 0 amide bonds. The highest BCUT2D eigenvalue weighted by Crippen LogP contribution is 2.51. The topological polar surface area (TPSA) is 44.5 Å². The lowest BCUT2D eigenvalue weighted by Crippen LogP contribution is -2.06. The van der Waals surface area contributed by atoms with Crippen LogP contribution in [0.5, 0.6) is 5.75 Å². The molecule has 0 unspecified atom stereocenters. The number of nitrogens with two attached hydrogens (primary N) is 1. The van der Waals surface area contributed by atoms with E-state index in [1.807, 2.05) is 6.07 Å². The maximum atomic E-state index is 6.23. The third-order valence-corrected chi connectivity index (χ3v) is 3.39. The molecule has 2 rings (SSSR count). The van der Waals surface area contributed by atoms with Gasteiger partial charge in [-0.05, 0) is 29.9 Å². The minimum Gasteiger partial charge on any atom is -0.465 e. The van der Waals surface area contributed by atoms with Gasteiger partial charge in [0.25, 0.3) is 0 Å². The molecule has 0 aliphatic heterocycles. The molecule has 88 valence electrons. The molecule has 0 heterocycles. The molecule has 0 aromatic heterocycles. The zero-order chi connectivity index (χ0) is 11.8. The number of hydrogen-bond acceptors (Lipinski definition) is 3.